The van der Waals surface area contributed by atoms with Gasteiger partial charge in [0.25, 0.3) is 5.69 Å². The van der Waals surface area contributed by atoms with Crippen molar-refractivity contribution in [3.05, 3.63) is 57.3 Å². The number of pyridine rings is 1. The summed E-state index contributed by atoms with van der Waals surface area (Å²) in [4.78, 5) is 16.5. The Bertz CT molecular complexity index is 699. The monoisotopic (exact) mass is 300 g/mol. The molecule has 1 N–H and O–H groups in total. The van der Waals surface area contributed by atoms with Gasteiger partial charge in [-0.15, -0.1) is 0 Å². The van der Waals surface area contributed by atoms with E-state index < -0.39 is 4.92 Å². The van der Waals surface area contributed by atoms with Gasteiger partial charge < -0.3 is 10.2 Å². The van der Waals surface area contributed by atoms with Crippen molar-refractivity contribution in [3.8, 4) is 0 Å². The number of nitro groups is 1. The first kappa shape index (κ1) is 15.8. The molecule has 2 aromatic rings. The van der Waals surface area contributed by atoms with Crippen LogP contribution >= 0.6 is 0 Å². The minimum atomic E-state index is -0.437. The molecule has 0 unspecified atom stereocenters. The van der Waals surface area contributed by atoms with Crippen LogP contribution in [-0.4, -0.2) is 24.0 Å². The molecule has 2 rings (SSSR count). The SMILES string of the molecule is Cc1cc(N(C)C)ccc1CNc1ncc([N+](=O)[O-])cc1C. The Kier molecular flexibility index (Phi) is 4.60. The van der Waals surface area contributed by atoms with E-state index in [2.05, 4.69) is 40.3 Å². The fraction of sp³-hybridized carbons (Fsp3) is 0.312. The van der Waals surface area contributed by atoms with E-state index in [1.807, 2.05) is 21.0 Å². The molecule has 1 aromatic heterocycles. The topological polar surface area (TPSA) is 71.3 Å². The van der Waals surface area contributed by atoms with E-state index in [0.717, 1.165) is 11.3 Å². The zero-order valence-electron chi connectivity index (χ0n) is 13.3. The zero-order valence-corrected chi connectivity index (χ0v) is 13.3. The lowest BCUT2D eigenvalue weighted by Crippen LogP contribution is -2.10. The van der Waals surface area contributed by atoms with E-state index in [0.29, 0.717) is 12.4 Å². The van der Waals surface area contributed by atoms with E-state index in [4.69, 9.17) is 0 Å². The predicted octanol–water partition coefficient (Wildman–Crippen LogP) is 3.28. The van der Waals surface area contributed by atoms with Gasteiger partial charge in [0.2, 0.25) is 0 Å². The Hall–Kier alpha value is -2.63. The molecule has 0 fully saturated rings. The van der Waals surface area contributed by atoms with Crippen molar-refractivity contribution < 1.29 is 4.92 Å². The van der Waals surface area contributed by atoms with Crippen LogP contribution in [0.15, 0.2) is 30.5 Å². The molecule has 0 saturated carbocycles. The molecule has 1 heterocycles. The maximum atomic E-state index is 10.7. The maximum Gasteiger partial charge on any atom is 0.287 e. The van der Waals surface area contributed by atoms with Crippen molar-refractivity contribution in [3.63, 3.8) is 0 Å². The van der Waals surface area contributed by atoms with Gasteiger partial charge in [0.1, 0.15) is 12.0 Å². The van der Waals surface area contributed by atoms with Crippen molar-refractivity contribution in [2.24, 2.45) is 0 Å². The molecule has 6 heteroatoms. The Morgan fingerprint density at radius 1 is 1.23 bits per heavy atom. The Morgan fingerprint density at radius 3 is 2.50 bits per heavy atom. The number of aromatic nitrogens is 1. The molecule has 116 valence electrons. The number of nitrogens with one attached hydrogen (secondary N) is 1. The van der Waals surface area contributed by atoms with Crippen LogP contribution in [0.1, 0.15) is 16.7 Å². The van der Waals surface area contributed by atoms with Crippen LogP contribution in [0, 0.1) is 24.0 Å². The summed E-state index contributed by atoms with van der Waals surface area (Å²) in [6.07, 6.45) is 1.28. The smallest absolute Gasteiger partial charge is 0.287 e. The Labute approximate surface area is 129 Å². The van der Waals surface area contributed by atoms with E-state index in [-0.39, 0.29) is 5.69 Å². The van der Waals surface area contributed by atoms with E-state index in [1.165, 1.54) is 23.4 Å². The van der Waals surface area contributed by atoms with Crippen LogP contribution in [0.25, 0.3) is 0 Å². The number of anilines is 2. The van der Waals surface area contributed by atoms with Crippen LogP contribution in [-0.2, 0) is 6.54 Å². The first-order chi connectivity index (χ1) is 10.4. The summed E-state index contributed by atoms with van der Waals surface area (Å²) in [6, 6.07) is 7.81. The minimum absolute atomic E-state index is 0.00886. The quantitative estimate of drug-likeness (QED) is 0.677. The lowest BCUT2D eigenvalue weighted by molar-refractivity contribution is -0.385. The fourth-order valence-corrected chi connectivity index (χ4v) is 2.18. The highest BCUT2D eigenvalue weighted by atomic mass is 16.6. The highest BCUT2D eigenvalue weighted by Crippen LogP contribution is 2.21. The second-order valence-corrected chi connectivity index (χ2v) is 5.47. The molecule has 1 aromatic carbocycles. The van der Waals surface area contributed by atoms with Crippen LogP contribution < -0.4 is 10.2 Å². The first-order valence-electron chi connectivity index (χ1n) is 7.00. The van der Waals surface area contributed by atoms with E-state index >= 15 is 0 Å². The number of benzene rings is 1. The normalized spacial score (nSPS) is 10.4. The van der Waals surface area contributed by atoms with Crippen molar-refractivity contribution in [2.45, 2.75) is 20.4 Å². The molecule has 0 atom stereocenters. The van der Waals surface area contributed by atoms with Crippen LogP contribution in [0.3, 0.4) is 0 Å². The molecular weight excluding hydrogens is 280 g/mol. The summed E-state index contributed by atoms with van der Waals surface area (Å²) in [5.41, 5.74) is 4.29. The second-order valence-electron chi connectivity index (χ2n) is 5.47. The van der Waals surface area contributed by atoms with Crippen molar-refractivity contribution in [1.29, 1.82) is 0 Å². The lowest BCUT2D eigenvalue weighted by atomic mass is 10.1. The van der Waals surface area contributed by atoms with Gasteiger partial charge in [-0.2, -0.15) is 0 Å². The van der Waals surface area contributed by atoms with Crippen LogP contribution in [0.2, 0.25) is 0 Å². The highest BCUT2D eigenvalue weighted by Gasteiger charge is 2.09. The minimum Gasteiger partial charge on any atom is -0.378 e. The molecule has 0 bridgehead atoms. The summed E-state index contributed by atoms with van der Waals surface area (Å²) in [7, 11) is 4.02. The standard InChI is InChI=1S/C16H20N4O2/c1-11-7-14(19(3)4)6-5-13(11)9-17-16-12(2)8-15(10-18-16)20(21)22/h5-8,10H,9H2,1-4H3,(H,17,18). The lowest BCUT2D eigenvalue weighted by Gasteiger charge is -2.16. The zero-order chi connectivity index (χ0) is 16.3. The third kappa shape index (κ3) is 3.52. The third-order valence-corrected chi connectivity index (χ3v) is 3.56. The van der Waals surface area contributed by atoms with E-state index in [1.54, 1.807) is 0 Å². The van der Waals surface area contributed by atoms with Crippen molar-refractivity contribution in [1.82, 2.24) is 4.98 Å². The first-order valence-corrected chi connectivity index (χ1v) is 7.00. The van der Waals surface area contributed by atoms with Gasteiger partial charge in [0.15, 0.2) is 0 Å². The Balaban J connectivity index is 2.12. The van der Waals surface area contributed by atoms with Gasteiger partial charge >= 0.3 is 0 Å². The van der Waals surface area contributed by atoms with E-state index in [9.17, 15) is 10.1 Å². The average Bonchev–Trinajstić information content (AvgIpc) is 2.46. The highest BCUT2D eigenvalue weighted by molar-refractivity contribution is 5.52. The summed E-state index contributed by atoms with van der Waals surface area (Å²) < 4.78 is 0. The molecule has 6 nitrogen and oxygen atoms in total. The number of hydrogen-bond donors (Lipinski definition) is 1. The average molecular weight is 300 g/mol. The summed E-state index contributed by atoms with van der Waals surface area (Å²) in [6.45, 7) is 4.51. The molecule has 0 spiro atoms. The van der Waals surface area contributed by atoms with Crippen molar-refractivity contribution >= 4 is 17.2 Å². The second kappa shape index (κ2) is 6.43. The molecular formula is C16H20N4O2. The van der Waals surface area contributed by atoms with Gasteiger partial charge in [-0.05, 0) is 42.7 Å². The molecule has 22 heavy (non-hydrogen) atoms. The number of nitrogens with zero attached hydrogens (tertiary/aromatic N) is 3. The molecule has 0 aliphatic rings. The number of rotatable bonds is 5. The van der Waals surface area contributed by atoms with Gasteiger partial charge in [-0.1, -0.05) is 6.07 Å². The number of hydrogen-bond acceptors (Lipinski definition) is 5. The van der Waals surface area contributed by atoms with Gasteiger partial charge in [0, 0.05) is 32.4 Å². The summed E-state index contributed by atoms with van der Waals surface area (Å²) in [5.74, 6) is 0.668. The third-order valence-electron chi connectivity index (χ3n) is 3.56. The van der Waals surface area contributed by atoms with Crippen LogP contribution in [0.5, 0.6) is 0 Å². The molecule has 0 radical (unpaired) electrons. The van der Waals surface area contributed by atoms with Crippen LogP contribution in [0.4, 0.5) is 17.2 Å². The molecule has 0 aliphatic carbocycles. The van der Waals surface area contributed by atoms with Gasteiger partial charge in [0.05, 0.1) is 4.92 Å². The van der Waals surface area contributed by atoms with Gasteiger partial charge in [-0.25, -0.2) is 4.98 Å². The van der Waals surface area contributed by atoms with Crippen molar-refractivity contribution in [2.75, 3.05) is 24.3 Å². The Morgan fingerprint density at radius 2 is 1.95 bits per heavy atom. The fourth-order valence-electron chi connectivity index (χ4n) is 2.18. The number of aryl methyl sites for hydroxylation is 2. The summed E-state index contributed by atoms with van der Waals surface area (Å²) >= 11 is 0. The predicted molar refractivity (Wildman–Crippen MR) is 88.5 cm³/mol. The molecule has 0 aliphatic heterocycles. The molecule has 0 saturated heterocycles. The maximum absolute atomic E-state index is 10.7. The molecule has 0 amide bonds. The summed E-state index contributed by atoms with van der Waals surface area (Å²) in [5, 5.41) is 14.0. The van der Waals surface area contributed by atoms with Gasteiger partial charge in [-0.3, -0.25) is 10.1 Å². The largest absolute Gasteiger partial charge is 0.378 e.